The Morgan fingerprint density at radius 2 is 1.17 bits per heavy atom. The van der Waals surface area contributed by atoms with Crippen molar-refractivity contribution in [2.45, 2.75) is 65.6 Å². The molecule has 0 heterocycles. The molecule has 4 aromatic carbocycles. The second kappa shape index (κ2) is 12.2. The smallest absolute Gasteiger partial charge is 0.407 e. The lowest BCUT2D eigenvalue weighted by atomic mass is 9.91. The van der Waals surface area contributed by atoms with Crippen molar-refractivity contribution in [1.82, 2.24) is 15.5 Å². The van der Waals surface area contributed by atoms with E-state index in [9.17, 15) is 14.4 Å². The van der Waals surface area contributed by atoms with E-state index in [4.69, 9.17) is 9.47 Å². The summed E-state index contributed by atoms with van der Waals surface area (Å²) in [5.41, 5.74) is -0.113. The third-order valence-electron chi connectivity index (χ3n) is 6.68. The largest absolute Gasteiger partial charge is 0.444 e. The number of carbonyl (C=O) groups is 3. The summed E-state index contributed by atoms with van der Waals surface area (Å²) in [4.78, 5) is 39.3. The molecule has 8 heteroatoms. The molecule has 3 amide bonds. The number of rotatable bonds is 9. The lowest BCUT2D eigenvalue weighted by molar-refractivity contribution is -0.131. The van der Waals surface area contributed by atoms with Gasteiger partial charge in [0.1, 0.15) is 11.2 Å². The van der Waals surface area contributed by atoms with Crippen LogP contribution in [-0.4, -0.2) is 60.4 Å². The fourth-order valence-corrected chi connectivity index (χ4v) is 4.99. The lowest BCUT2D eigenvalue weighted by Crippen LogP contribution is -2.44. The molecule has 4 rings (SSSR count). The van der Waals surface area contributed by atoms with E-state index in [2.05, 4.69) is 65.2 Å². The van der Waals surface area contributed by atoms with Gasteiger partial charge in [-0.3, -0.25) is 4.79 Å². The molecule has 0 unspecified atom stereocenters. The number of ether oxygens (including phenoxy) is 2. The SMILES string of the molecule is CC(C)(C)OC(=O)NCCN(CCNC(=O)OC(C)(C)C)C(=O)CCc1ccc2ccc3cccc4ccc1c2c34. The zero-order valence-corrected chi connectivity index (χ0v) is 24.9. The minimum Gasteiger partial charge on any atom is -0.444 e. The van der Waals surface area contributed by atoms with Crippen LogP contribution >= 0.6 is 0 Å². The van der Waals surface area contributed by atoms with Gasteiger partial charge in [0.25, 0.3) is 0 Å². The molecule has 0 atom stereocenters. The van der Waals surface area contributed by atoms with Gasteiger partial charge in [0.05, 0.1) is 0 Å². The molecule has 0 bridgehead atoms. The average molecular weight is 560 g/mol. The summed E-state index contributed by atoms with van der Waals surface area (Å²) in [7, 11) is 0. The number of carbonyl (C=O) groups excluding carboxylic acids is 3. The minimum atomic E-state index is -0.613. The van der Waals surface area contributed by atoms with Gasteiger partial charge in [-0.15, -0.1) is 0 Å². The molecule has 0 fully saturated rings. The molecule has 41 heavy (non-hydrogen) atoms. The Bertz CT molecular complexity index is 1480. The molecule has 0 aliphatic carbocycles. The molecule has 0 aliphatic rings. The molecular formula is C33H41N3O5. The number of nitrogens with zero attached hydrogens (tertiary/aromatic N) is 1. The summed E-state index contributed by atoms with van der Waals surface area (Å²) in [6, 6.07) is 19.2. The third kappa shape index (κ3) is 7.99. The normalized spacial score (nSPS) is 12.0. The van der Waals surface area contributed by atoms with Crippen LogP contribution in [0.5, 0.6) is 0 Å². The lowest BCUT2D eigenvalue weighted by Gasteiger charge is -2.25. The Hall–Kier alpha value is -4.07. The summed E-state index contributed by atoms with van der Waals surface area (Å²) < 4.78 is 10.6. The monoisotopic (exact) mass is 559 g/mol. The van der Waals surface area contributed by atoms with Gasteiger partial charge in [0.2, 0.25) is 5.91 Å². The Balaban J connectivity index is 1.45. The van der Waals surface area contributed by atoms with Crippen LogP contribution in [0, 0.1) is 0 Å². The quantitative estimate of drug-likeness (QED) is 0.232. The first-order chi connectivity index (χ1) is 19.3. The van der Waals surface area contributed by atoms with Gasteiger partial charge in [0.15, 0.2) is 0 Å². The third-order valence-corrected chi connectivity index (χ3v) is 6.68. The van der Waals surface area contributed by atoms with Gasteiger partial charge in [-0.2, -0.15) is 0 Å². The van der Waals surface area contributed by atoms with Gasteiger partial charge in [-0.1, -0.05) is 54.6 Å². The molecule has 218 valence electrons. The van der Waals surface area contributed by atoms with Crippen molar-refractivity contribution in [2.24, 2.45) is 0 Å². The second-order valence-electron chi connectivity index (χ2n) is 12.3. The molecule has 0 spiro atoms. The Morgan fingerprint density at radius 1 is 0.683 bits per heavy atom. The predicted molar refractivity (Wildman–Crippen MR) is 164 cm³/mol. The molecule has 0 aliphatic heterocycles. The fraction of sp³-hybridized carbons (Fsp3) is 0.424. The Morgan fingerprint density at radius 3 is 1.71 bits per heavy atom. The topological polar surface area (TPSA) is 97.0 Å². The van der Waals surface area contributed by atoms with Gasteiger partial charge < -0.3 is 25.0 Å². The van der Waals surface area contributed by atoms with Crippen molar-refractivity contribution in [1.29, 1.82) is 0 Å². The van der Waals surface area contributed by atoms with Crippen LogP contribution in [0.4, 0.5) is 9.59 Å². The van der Waals surface area contributed by atoms with Crippen LogP contribution < -0.4 is 10.6 Å². The summed E-state index contributed by atoms with van der Waals surface area (Å²) in [6.07, 6.45) is -0.207. The van der Waals surface area contributed by atoms with Crippen LogP contribution in [-0.2, 0) is 20.7 Å². The summed E-state index contributed by atoms with van der Waals surface area (Å²) in [6.45, 7) is 11.8. The highest BCUT2D eigenvalue weighted by molar-refractivity contribution is 6.23. The van der Waals surface area contributed by atoms with Crippen molar-refractivity contribution >= 4 is 50.4 Å². The zero-order valence-electron chi connectivity index (χ0n) is 24.9. The van der Waals surface area contributed by atoms with E-state index >= 15 is 0 Å². The van der Waals surface area contributed by atoms with Crippen molar-refractivity contribution in [3.8, 4) is 0 Å². The molecule has 4 aromatic rings. The molecule has 2 N–H and O–H groups in total. The maximum absolute atomic E-state index is 13.4. The highest BCUT2D eigenvalue weighted by atomic mass is 16.6. The predicted octanol–water partition coefficient (Wildman–Crippen LogP) is 6.39. The van der Waals surface area contributed by atoms with Crippen molar-refractivity contribution in [2.75, 3.05) is 26.2 Å². The highest BCUT2D eigenvalue weighted by Crippen LogP contribution is 2.36. The van der Waals surface area contributed by atoms with E-state index in [0.717, 1.165) is 10.9 Å². The number of amides is 3. The summed E-state index contributed by atoms with van der Waals surface area (Å²) >= 11 is 0. The standard InChI is InChI=1S/C33H41N3O5/c1-32(2,3)40-30(38)34-18-20-36(21-19-35-31(39)41-33(4,5)6)27(37)17-15-22-10-11-25-13-12-23-8-7-9-24-14-16-26(22)29(25)28(23)24/h7-14,16H,15,17-21H2,1-6H3,(H,34,38)(H,35,39). The molecule has 8 nitrogen and oxygen atoms in total. The first-order valence-electron chi connectivity index (χ1n) is 14.2. The van der Waals surface area contributed by atoms with E-state index in [0.29, 0.717) is 12.8 Å². The number of hydrogen-bond donors (Lipinski definition) is 2. The molecule has 0 saturated carbocycles. The number of benzene rings is 4. The van der Waals surface area contributed by atoms with Crippen LogP contribution in [0.2, 0.25) is 0 Å². The highest BCUT2D eigenvalue weighted by Gasteiger charge is 2.20. The van der Waals surface area contributed by atoms with Crippen LogP contribution in [0.1, 0.15) is 53.5 Å². The molecule has 0 aromatic heterocycles. The average Bonchev–Trinajstić information content (AvgIpc) is 2.87. The van der Waals surface area contributed by atoms with E-state index in [1.54, 1.807) is 46.4 Å². The Labute approximate surface area is 241 Å². The Kier molecular flexibility index (Phi) is 8.90. The number of hydrogen-bond acceptors (Lipinski definition) is 5. The first-order valence-corrected chi connectivity index (χ1v) is 14.2. The van der Waals surface area contributed by atoms with Crippen LogP contribution in [0.25, 0.3) is 32.3 Å². The number of alkyl carbamates (subject to hydrolysis) is 2. The minimum absolute atomic E-state index is 0.0623. The number of aryl methyl sites for hydroxylation is 1. The van der Waals surface area contributed by atoms with Gasteiger partial charge in [0, 0.05) is 32.6 Å². The summed E-state index contributed by atoms with van der Waals surface area (Å²) in [5, 5.41) is 12.7. The first kappa shape index (κ1) is 29.9. The second-order valence-corrected chi connectivity index (χ2v) is 12.3. The van der Waals surface area contributed by atoms with Crippen molar-refractivity contribution in [3.63, 3.8) is 0 Å². The summed E-state index contributed by atoms with van der Waals surface area (Å²) in [5.74, 6) is -0.0623. The fourth-order valence-electron chi connectivity index (χ4n) is 4.99. The van der Waals surface area contributed by atoms with Crippen LogP contribution in [0.3, 0.4) is 0 Å². The maximum Gasteiger partial charge on any atom is 0.407 e. The van der Waals surface area contributed by atoms with Gasteiger partial charge in [-0.25, -0.2) is 9.59 Å². The van der Waals surface area contributed by atoms with E-state index in [1.807, 2.05) is 0 Å². The van der Waals surface area contributed by atoms with Crippen LogP contribution in [0.15, 0.2) is 54.6 Å². The van der Waals surface area contributed by atoms with Crippen molar-refractivity contribution in [3.05, 3.63) is 60.2 Å². The molecule has 0 saturated heterocycles. The van der Waals surface area contributed by atoms with E-state index in [1.165, 1.54) is 26.9 Å². The van der Waals surface area contributed by atoms with E-state index < -0.39 is 23.4 Å². The van der Waals surface area contributed by atoms with Gasteiger partial charge >= 0.3 is 12.2 Å². The molecule has 0 radical (unpaired) electrons. The van der Waals surface area contributed by atoms with E-state index in [-0.39, 0.29) is 32.1 Å². The van der Waals surface area contributed by atoms with Gasteiger partial charge in [-0.05, 0) is 85.8 Å². The maximum atomic E-state index is 13.4. The van der Waals surface area contributed by atoms with Crippen molar-refractivity contribution < 1.29 is 23.9 Å². The number of nitrogens with one attached hydrogen (secondary N) is 2. The zero-order chi connectivity index (χ0) is 29.8. The molecular weight excluding hydrogens is 518 g/mol.